The first kappa shape index (κ1) is 75.3. The van der Waals surface area contributed by atoms with Gasteiger partial charge in [-0.3, -0.25) is 52.7 Å². The fourth-order valence-electron chi connectivity index (χ4n) is 15.0. The Balaban J connectivity index is 1.35. The van der Waals surface area contributed by atoms with Crippen molar-refractivity contribution in [3.63, 3.8) is 0 Å². The Morgan fingerprint density at radius 2 is 1.22 bits per heavy atom. The molecule has 11 amide bonds. The standard InChI is InChI=1S/C66H107ClF3N11O11/c1-12-41(6)55-63(91)78(9)37-53(83)76(7)38-54(84)79(10)51(35-42-21-14-13-15-22-42)62(90)77(8)36-52(82)71-48(29-27-43-26-28-45(46(67)34-43)66(68,69)70)61(89)81-32-20-25-50(81)59(87)75-65(30-18-19-31-65)64(92)80(11)56(40(4)5)60(88)72-47-24-17-16-23-44(47)57(85)73-49(33-39(2)3)58(86)74-55/h39-51,55-56H,12-38H2,1-11H3,(H,71,82)(H,72,88)(H,73,85)(H,74,86)(H,75,87)/t41-,43?,44+,45?,46?,47+,48-,49-,50-,51-,55-,56-/m0/s1. The molecule has 6 rings (SSSR count). The number of hydrogen-bond acceptors (Lipinski definition) is 11. The Kier molecular flexibility index (Phi) is 27.5. The average Bonchev–Trinajstić information content (AvgIpc) is 1.56. The van der Waals surface area contributed by atoms with Gasteiger partial charge in [-0.05, 0) is 113 Å². The molecule has 1 spiro atoms. The molecule has 0 bridgehead atoms. The third-order valence-electron chi connectivity index (χ3n) is 20.8. The first-order chi connectivity index (χ1) is 43.3. The molecule has 2 aliphatic heterocycles. The highest BCUT2D eigenvalue weighted by Gasteiger charge is 2.51. The maximum atomic E-state index is 15.2. The molecule has 92 heavy (non-hydrogen) atoms. The minimum absolute atomic E-state index is 0.0165. The van der Waals surface area contributed by atoms with E-state index in [0.29, 0.717) is 51.4 Å². The van der Waals surface area contributed by atoms with E-state index in [1.807, 2.05) is 20.8 Å². The number of alkyl halides is 4. The third-order valence-corrected chi connectivity index (χ3v) is 21.3. The van der Waals surface area contributed by atoms with Gasteiger partial charge in [0.2, 0.25) is 65.0 Å². The lowest BCUT2D eigenvalue weighted by molar-refractivity contribution is -0.182. The van der Waals surface area contributed by atoms with E-state index in [2.05, 4.69) is 26.6 Å². The highest BCUT2D eigenvalue weighted by atomic mass is 35.5. The fourth-order valence-corrected chi connectivity index (χ4v) is 15.6. The van der Waals surface area contributed by atoms with E-state index < -0.39 is 168 Å². The van der Waals surface area contributed by atoms with Crippen LogP contribution < -0.4 is 26.6 Å². The first-order valence-corrected chi connectivity index (χ1v) is 34.5. The normalized spacial score (nSPS) is 30.9. The molecule has 0 aromatic carbocycles. The van der Waals surface area contributed by atoms with Gasteiger partial charge in [-0.15, -0.1) is 11.6 Å². The van der Waals surface area contributed by atoms with Crippen molar-refractivity contribution in [2.75, 3.05) is 61.4 Å². The number of carbonyl (C=O) groups is 11. The number of halogens is 4. The van der Waals surface area contributed by atoms with Crippen LogP contribution in [0.5, 0.6) is 0 Å². The van der Waals surface area contributed by atoms with Crippen LogP contribution in [0.25, 0.3) is 0 Å². The maximum Gasteiger partial charge on any atom is 0.393 e. The molecule has 4 aliphatic carbocycles. The van der Waals surface area contributed by atoms with Gasteiger partial charge >= 0.3 is 6.18 Å². The van der Waals surface area contributed by atoms with Crippen LogP contribution in [-0.2, 0) is 52.7 Å². The van der Waals surface area contributed by atoms with E-state index in [0.717, 1.165) is 37.0 Å². The fraction of sp³-hybridized carbons (Fsp3) is 0.833. The van der Waals surface area contributed by atoms with Crippen molar-refractivity contribution in [3.8, 4) is 0 Å². The summed E-state index contributed by atoms with van der Waals surface area (Å²) >= 11 is 6.37. The monoisotopic (exact) mass is 1320 g/mol. The lowest BCUT2D eigenvalue weighted by Gasteiger charge is -2.40. The molecule has 2 heterocycles. The predicted molar refractivity (Wildman–Crippen MR) is 340 cm³/mol. The van der Waals surface area contributed by atoms with Crippen molar-refractivity contribution in [1.82, 2.24) is 56.0 Å². The second-order valence-corrected chi connectivity index (χ2v) is 29.1. The van der Waals surface area contributed by atoms with E-state index >= 15 is 9.59 Å². The van der Waals surface area contributed by atoms with Crippen molar-refractivity contribution in [2.45, 2.75) is 249 Å². The van der Waals surface area contributed by atoms with Gasteiger partial charge in [0.15, 0.2) is 0 Å². The summed E-state index contributed by atoms with van der Waals surface area (Å²) in [6, 6.07) is -7.48. The molecule has 3 unspecified atom stereocenters. The summed E-state index contributed by atoms with van der Waals surface area (Å²) in [5.41, 5.74) is -1.47. The Hall–Kier alpha value is -5.75. The summed E-state index contributed by atoms with van der Waals surface area (Å²) < 4.78 is 41.8. The van der Waals surface area contributed by atoms with E-state index in [-0.39, 0.29) is 88.5 Å². The van der Waals surface area contributed by atoms with Gasteiger partial charge < -0.3 is 56.0 Å². The second-order valence-electron chi connectivity index (χ2n) is 28.6. The quantitative estimate of drug-likeness (QED) is 0.167. The number of carbonyl (C=O) groups excluding carboxylic acids is 11. The number of nitrogens with zero attached hydrogens (tertiary/aromatic N) is 6. The Morgan fingerprint density at radius 3 is 1.84 bits per heavy atom. The van der Waals surface area contributed by atoms with Gasteiger partial charge in [-0.1, -0.05) is 106 Å². The molecule has 22 nitrogen and oxygen atoms in total. The molecule has 520 valence electrons. The number of fused-ring (bicyclic) bond motifs is 2. The minimum atomic E-state index is -4.49. The smallest absolute Gasteiger partial charge is 0.351 e. The average molecular weight is 1320 g/mol. The van der Waals surface area contributed by atoms with E-state index in [4.69, 9.17) is 11.6 Å². The van der Waals surface area contributed by atoms with Crippen molar-refractivity contribution < 1.29 is 65.9 Å². The number of rotatable bonds is 10. The summed E-state index contributed by atoms with van der Waals surface area (Å²) in [7, 11) is 7.19. The largest absolute Gasteiger partial charge is 0.393 e. The zero-order chi connectivity index (χ0) is 68.1. The van der Waals surface area contributed by atoms with Gasteiger partial charge in [-0.25, -0.2) is 0 Å². The number of hydrogen-bond donors (Lipinski definition) is 5. The molecule has 6 fully saturated rings. The van der Waals surface area contributed by atoms with Gasteiger partial charge in [0, 0.05) is 53.2 Å². The van der Waals surface area contributed by atoms with Crippen LogP contribution in [0.15, 0.2) is 0 Å². The van der Waals surface area contributed by atoms with Crippen LogP contribution in [0.3, 0.4) is 0 Å². The molecule has 0 radical (unpaired) electrons. The summed E-state index contributed by atoms with van der Waals surface area (Å²) in [5.74, 6) is -10.2. The molecule has 12 atom stereocenters. The van der Waals surface area contributed by atoms with Gasteiger partial charge in [-0.2, -0.15) is 13.2 Å². The molecule has 5 N–H and O–H groups in total. The van der Waals surface area contributed by atoms with Crippen molar-refractivity contribution in [1.29, 1.82) is 0 Å². The van der Waals surface area contributed by atoms with Crippen LogP contribution >= 0.6 is 11.6 Å². The second kappa shape index (κ2) is 33.6. The highest BCUT2D eigenvalue weighted by molar-refractivity contribution is 6.20. The van der Waals surface area contributed by atoms with E-state index in [1.165, 1.54) is 59.7 Å². The van der Waals surface area contributed by atoms with Crippen LogP contribution in [0.1, 0.15) is 189 Å². The Morgan fingerprint density at radius 1 is 0.587 bits per heavy atom. The number of nitrogens with one attached hydrogen (secondary N) is 5. The van der Waals surface area contributed by atoms with Crippen LogP contribution in [0, 0.1) is 41.4 Å². The van der Waals surface area contributed by atoms with Gasteiger partial charge in [0.05, 0.1) is 31.5 Å². The van der Waals surface area contributed by atoms with E-state index in [1.54, 1.807) is 20.8 Å². The number of likely N-dealkylation sites (N-methyl/N-ethyl adjacent to an activating group) is 5. The third kappa shape index (κ3) is 19.5. The molecule has 4 saturated carbocycles. The first-order valence-electron chi connectivity index (χ1n) is 34.1. The Bertz CT molecular complexity index is 2620. The molecular formula is C66H107ClF3N11O11. The predicted octanol–water partition coefficient (Wildman–Crippen LogP) is 5.66. The van der Waals surface area contributed by atoms with Gasteiger partial charge in [0.25, 0.3) is 0 Å². The maximum absolute atomic E-state index is 15.2. The molecule has 0 aromatic rings. The van der Waals surface area contributed by atoms with Crippen molar-refractivity contribution in [2.24, 2.45) is 41.4 Å². The summed E-state index contributed by atoms with van der Waals surface area (Å²) in [4.78, 5) is 168. The highest BCUT2D eigenvalue weighted by Crippen LogP contribution is 2.44. The topological polar surface area (TPSA) is 267 Å². The molecule has 2 saturated heterocycles. The zero-order valence-electron chi connectivity index (χ0n) is 56.4. The lowest BCUT2D eigenvalue weighted by Crippen LogP contribution is -2.65. The zero-order valence-corrected chi connectivity index (χ0v) is 57.2. The van der Waals surface area contributed by atoms with Gasteiger partial charge in [0.1, 0.15) is 41.8 Å². The number of amides is 11. The lowest BCUT2D eigenvalue weighted by atomic mass is 9.78. The minimum Gasteiger partial charge on any atom is -0.351 e. The molecule has 26 heteroatoms. The molecule has 0 aromatic heterocycles. The summed E-state index contributed by atoms with van der Waals surface area (Å²) in [6.45, 7) is 9.57. The van der Waals surface area contributed by atoms with E-state index in [9.17, 15) is 56.3 Å². The van der Waals surface area contributed by atoms with Crippen LogP contribution in [-0.4, -0.2) is 215 Å². The summed E-state index contributed by atoms with van der Waals surface area (Å²) in [6.07, 6.45) is 5.35. The van der Waals surface area contributed by atoms with Crippen LogP contribution in [0.4, 0.5) is 13.2 Å². The van der Waals surface area contributed by atoms with Crippen molar-refractivity contribution >= 4 is 76.6 Å². The molecular weight excluding hydrogens is 1220 g/mol. The summed E-state index contributed by atoms with van der Waals surface area (Å²) in [5, 5.41) is 13.6. The Labute approximate surface area is 547 Å². The SMILES string of the molecule is CC[C@H](C)[C@@H]1NC(=O)[C@H](CC(C)C)NC(=O)[C@@H]2CCCC[C@H]2NC(=O)[C@H](C(C)C)N(C)C(=O)C2(CCCC2)NC(=O)[C@@H]2CCCN2C(=O)[C@H](CCC2CCC(C(F)(F)F)C(Cl)C2)NC(=O)CN(C)C(=O)[C@H](CC2CCCCC2)N(C)C(=O)CN(C)C(=O)CN(C)C1=O. The van der Waals surface area contributed by atoms with Crippen molar-refractivity contribution in [3.05, 3.63) is 0 Å². The van der Waals surface area contributed by atoms with Crippen LogP contribution in [0.2, 0.25) is 0 Å². The molecule has 6 aliphatic rings.